The van der Waals surface area contributed by atoms with E-state index in [0.717, 1.165) is 0 Å². The Hall–Kier alpha value is -2.22. The molecule has 0 aliphatic carbocycles. The van der Waals surface area contributed by atoms with Crippen molar-refractivity contribution < 1.29 is 22.0 Å². The van der Waals surface area contributed by atoms with E-state index in [4.69, 9.17) is 15.7 Å². The van der Waals surface area contributed by atoms with E-state index >= 15 is 0 Å². The van der Waals surface area contributed by atoms with Gasteiger partial charge in [-0.15, -0.1) is 15.6 Å². The Morgan fingerprint density at radius 2 is 2.38 bits per heavy atom. The lowest BCUT2D eigenvalue weighted by molar-refractivity contribution is -0.0185. The van der Waals surface area contributed by atoms with Crippen molar-refractivity contribution in [2.75, 3.05) is 13.1 Å². The molecule has 0 aromatic carbocycles. The minimum atomic E-state index is -4.83. The Morgan fingerprint density at radius 3 is 2.96 bits per heavy atom. The predicted octanol–water partition coefficient (Wildman–Crippen LogP) is -0.768. The summed E-state index contributed by atoms with van der Waals surface area (Å²) in [4.78, 5) is 18.0. The summed E-state index contributed by atoms with van der Waals surface area (Å²) in [7, 11) is -4.83. The predicted molar refractivity (Wildman–Crippen MR) is 84.2 cm³/mol. The molecule has 0 spiro atoms. The Balaban J connectivity index is 1.95. The van der Waals surface area contributed by atoms with E-state index in [1.165, 1.54) is 16.2 Å². The molecule has 130 valence electrons. The largest absolute Gasteiger partial charge is 0.418 e. The van der Waals surface area contributed by atoms with Crippen LogP contribution in [0.1, 0.15) is 5.01 Å². The number of nitrogens with one attached hydrogen (secondary N) is 2. The molecule has 0 unspecified atom stereocenters. The van der Waals surface area contributed by atoms with Gasteiger partial charge in [-0.25, -0.2) is 9.78 Å². The van der Waals surface area contributed by atoms with Gasteiger partial charge in [0.05, 0.1) is 12.1 Å². The second-order valence-corrected chi connectivity index (χ2v) is 7.00. The Labute approximate surface area is 141 Å². The highest BCUT2D eigenvalue weighted by Gasteiger charge is 2.48. The van der Waals surface area contributed by atoms with E-state index in [0.29, 0.717) is 15.6 Å². The van der Waals surface area contributed by atoms with Crippen LogP contribution in [0.5, 0.6) is 0 Å². The molecule has 2 bridgehead atoms. The number of amides is 2. The number of urea groups is 1. The van der Waals surface area contributed by atoms with Crippen LogP contribution in [0, 0.1) is 5.41 Å². The van der Waals surface area contributed by atoms with Gasteiger partial charge >= 0.3 is 16.4 Å². The number of hydrogen-bond acceptors (Lipinski definition) is 7. The molecule has 1 saturated heterocycles. The van der Waals surface area contributed by atoms with Crippen molar-refractivity contribution in [3.05, 3.63) is 22.7 Å². The van der Waals surface area contributed by atoms with Gasteiger partial charge in [0.1, 0.15) is 5.01 Å². The fourth-order valence-corrected chi connectivity index (χ4v) is 3.77. The molecule has 11 nitrogen and oxygen atoms in total. The van der Waals surface area contributed by atoms with Gasteiger partial charge in [-0.1, -0.05) is 0 Å². The number of hydroxylamine groups is 2. The lowest BCUT2D eigenvalue weighted by Gasteiger charge is -2.31. The molecule has 1 aromatic rings. The van der Waals surface area contributed by atoms with Crippen LogP contribution in [0.25, 0.3) is 5.57 Å². The van der Waals surface area contributed by atoms with Crippen LogP contribution in [0.3, 0.4) is 0 Å². The minimum Gasteiger partial charge on any atom is -0.370 e. The summed E-state index contributed by atoms with van der Waals surface area (Å²) in [5.41, 5.74) is 5.99. The molecular weight excluding hydrogens is 360 g/mol. The molecule has 2 atom stereocenters. The van der Waals surface area contributed by atoms with Crippen LogP contribution in [0.2, 0.25) is 0 Å². The summed E-state index contributed by atoms with van der Waals surface area (Å²) in [6.45, 7) is 0.326. The van der Waals surface area contributed by atoms with Crippen LogP contribution in [-0.4, -0.2) is 65.1 Å². The van der Waals surface area contributed by atoms with Gasteiger partial charge in [-0.05, 0) is 6.08 Å². The monoisotopic (exact) mass is 374 g/mol. The maximum atomic E-state index is 12.4. The van der Waals surface area contributed by atoms with Gasteiger partial charge < -0.3 is 16.0 Å². The van der Waals surface area contributed by atoms with E-state index in [9.17, 15) is 13.2 Å². The van der Waals surface area contributed by atoms with Crippen LogP contribution < -0.4 is 11.1 Å². The summed E-state index contributed by atoms with van der Waals surface area (Å²) in [6.07, 6.45) is 3.27. The van der Waals surface area contributed by atoms with Crippen molar-refractivity contribution in [1.29, 1.82) is 5.41 Å². The van der Waals surface area contributed by atoms with Crippen LogP contribution in [0.15, 0.2) is 17.7 Å². The molecule has 13 heteroatoms. The van der Waals surface area contributed by atoms with Crippen molar-refractivity contribution in [2.45, 2.75) is 12.1 Å². The first kappa shape index (κ1) is 16.6. The number of thiazole rings is 1. The molecular formula is C11H14N6O5S2. The minimum absolute atomic E-state index is 0.152. The quantitative estimate of drug-likeness (QED) is 0.297. The Bertz CT molecular complexity index is 792. The number of hydrogen-bond donors (Lipinski definition) is 4. The topological polar surface area (TPSA) is 162 Å². The van der Waals surface area contributed by atoms with Crippen molar-refractivity contribution >= 4 is 39.3 Å². The summed E-state index contributed by atoms with van der Waals surface area (Å²) in [5, 5.41) is 13.0. The van der Waals surface area contributed by atoms with E-state index in [1.54, 1.807) is 17.7 Å². The highest BCUT2D eigenvalue weighted by molar-refractivity contribution is 7.80. The van der Waals surface area contributed by atoms with Crippen LogP contribution in [0.4, 0.5) is 4.79 Å². The maximum Gasteiger partial charge on any atom is 0.418 e. The summed E-state index contributed by atoms with van der Waals surface area (Å²) >= 11 is 1.36. The first-order valence-electron chi connectivity index (χ1n) is 6.72. The molecule has 5 N–H and O–H groups in total. The number of guanidine groups is 1. The van der Waals surface area contributed by atoms with E-state index in [1.807, 2.05) is 0 Å². The fraction of sp³-hybridized carbons (Fsp3) is 0.364. The second-order valence-electron chi connectivity index (χ2n) is 5.10. The molecule has 2 aliphatic heterocycles. The molecule has 0 radical (unpaired) electrons. The number of fused-ring (bicyclic) bond motifs is 2. The van der Waals surface area contributed by atoms with Crippen LogP contribution >= 0.6 is 11.3 Å². The van der Waals surface area contributed by atoms with Gasteiger partial charge in [0.25, 0.3) is 0 Å². The fourth-order valence-electron chi connectivity index (χ4n) is 2.68. The van der Waals surface area contributed by atoms with Crippen molar-refractivity contribution in [3.63, 3.8) is 0 Å². The lowest BCUT2D eigenvalue weighted by atomic mass is 9.99. The number of nitrogens with zero attached hydrogens (tertiary/aromatic N) is 3. The van der Waals surface area contributed by atoms with Crippen molar-refractivity contribution in [3.8, 4) is 0 Å². The van der Waals surface area contributed by atoms with Gasteiger partial charge in [0, 0.05) is 30.2 Å². The molecule has 3 rings (SSSR count). The smallest absolute Gasteiger partial charge is 0.370 e. The Kier molecular flexibility index (Phi) is 4.16. The van der Waals surface area contributed by atoms with Gasteiger partial charge in [0.2, 0.25) is 0 Å². The summed E-state index contributed by atoms with van der Waals surface area (Å²) in [5.74, 6) is -0.256. The first-order chi connectivity index (χ1) is 11.3. The zero-order chi connectivity index (χ0) is 17.5. The average Bonchev–Trinajstić information content (AvgIpc) is 3.08. The lowest BCUT2D eigenvalue weighted by Crippen LogP contribution is -2.48. The molecule has 24 heavy (non-hydrogen) atoms. The molecule has 2 aliphatic rings. The number of aromatic nitrogens is 1. The third-order valence-corrected chi connectivity index (χ3v) is 4.74. The number of carbonyl (C=O) groups is 1. The van der Waals surface area contributed by atoms with Gasteiger partial charge in [0.15, 0.2) is 5.96 Å². The Morgan fingerprint density at radius 1 is 1.62 bits per heavy atom. The second kappa shape index (κ2) is 6.01. The number of carbonyl (C=O) groups excluding carboxylic acids is 1. The zero-order valence-electron chi connectivity index (χ0n) is 12.1. The summed E-state index contributed by atoms with van der Waals surface area (Å²) < 4.78 is 35.2. The highest BCUT2D eigenvalue weighted by Crippen LogP contribution is 2.35. The van der Waals surface area contributed by atoms with Gasteiger partial charge in [-0.3, -0.25) is 9.96 Å². The molecule has 1 aromatic heterocycles. The number of nitrogens with two attached hydrogens (primary N) is 1. The van der Waals surface area contributed by atoms with Crippen molar-refractivity contribution in [1.82, 2.24) is 20.3 Å². The number of rotatable bonds is 5. The van der Waals surface area contributed by atoms with Crippen molar-refractivity contribution in [2.24, 2.45) is 5.73 Å². The normalized spacial score (nSPS) is 23.4. The summed E-state index contributed by atoms with van der Waals surface area (Å²) in [6, 6.07) is -1.92. The SMILES string of the molecule is N=C(N)NC[C@@H]1C(c2nccs2)=C[C@@H]2CN1C(=O)N2OS(=O)(=O)O. The molecule has 2 amide bonds. The third kappa shape index (κ3) is 3.19. The highest BCUT2D eigenvalue weighted by atomic mass is 32.3. The first-order valence-corrected chi connectivity index (χ1v) is 8.97. The standard InChI is InChI=1S/C11H14N6O5S2/c12-10(13)15-4-8-7(9-14-1-2-23-9)3-6-5-16(8)11(18)17(6)22-24(19,20)21/h1-3,6,8H,4-5H2,(H4,12,13,15)(H,19,20,21)/t6-,8-/m1/s1. The van der Waals surface area contributed by atoms with E-state index < -0.39 is 28.5 Å². The van der Waals surface area contributed by atoms with E-state index in [-0.39, 0.29) is 19.0 Å². The third-order valence-electron chi connectivity index (χ3n) is 3.57. The molecule has 3 heterocycles. The zero-order valence-corrected chi connectivity index (χ0v) is 13.7. The van der Waals surface area contributed by atoms with Crippen LogP contribution in [-0.2, 0) is 14.7 Å². The van der Waals surface area contributed by atoms with E-state index in [2.05, 4.69) is 14.6 Å². The van der Waals surface area contributed by atoms with Gasteiger partial charge in [-0.2, -0.15) is 13.5 Å². The maximum absolute atomic E-state index is 12.4. The average molecular weight is 374 g/mol. The molecule has 0 saturated carbocycles. The molecule has 1 fully saturated rings.